The molecule has 2 aromatic carbocycles. The van der Waals surface area contributed by atoms with E-state index < -0.39 is 5.63 Å². The van der Waals surface area contributed by atoms with Crippen molar-refractivity contribution in [2.75, 3.05) is 0 Å². The Morgan fingerprint density at radius 2 is 1.89 bits per heavy atom. The van der Waals surface area contributed by atoms with Gasteiger partial charge in [0.25, 0.3) is 0 Å². The third-order valence-corrected chi connectivity index (χ3v) is 4.71. The highest BCUT2D eigenvalue weighted by molar-refractivity contribution is 5.82. The lowest BCUT2D eigenvalue weighted by atomic mass is 9.95. The quantitative estimate of drug-likeness (QED) is 0.501. The van der Waals surface area contributed by atoms with Crippen LogP contribution in [-0.2, 0) is 6.54 Å². The Morgan fingerprint density at radius 1 is 1.14 bits per heavy atom. The number of halogens is 1. The molecular weight excluding hydrogens is 359 g/mol. The second-order valence-electron chi connectivity index (χ2n) is 7.10. The maximum Gasteiger partial charge on any atom is 0.336 e. The molecule has 0 aliphatic carbocycles. The number of aryl methyl sites for hydroxylation is 1. The van der Waals surface area contributed by atoms with Gasteiger partial charge in [0.1, 0.15) is 11.4 Å². The average Bonchev–Trinajstić information content (AvgIpc) is 3.09. The highest BCUT2D eigenvalue weighted by atomic mass is 19.1. The van der Waals surface area contributed by atoms with Crippen LogP contribution in [0.3, 0.4) is 0 Å². The number of benzene rings is 2. The van der Waals surface area contributed by atoms with Crippen LogP contribution in [-0.4, -0.2) is 20.2 Å². The lowest BCUT2D eigenvalue weighted by Gasteiger charge is -2.12. The summed E-state index contributed by atoms with van der Waals surface area (Å²) < 4.78 is 18.5. The first-order valence-corrected chi connectivity index (χ1v) is 9.02. The van der Waals surface area contributed by atoms with Crippen molar-refractivity contribution < 1.29 is 8.81 Å². The van der Waals surface area contributed by atoms with Crippen LogP contribution in [0.15, 0.2) is 51.7 Å². The van der Waals surface area contributed by atoms with Gasteiger partial charge >= 0.3 is 5.63 Å². The van der Waals surface area contributed by atoms with Gasteiger partial charge < -0.3 is 4.42 Å². The minimum atomic E-state index is -0.418. The van der Waals surface area contributed by atoms with Gasteiger partial charge in [0.05, 0.1) is 6.54 Å². The van der Waals surface area contributed by atoms with Crippen LogP contribution < -0.4 is 5.63 Å². The molecule has 4 aromatic rings. The second-order valence-corrected chi connectivity index (χ2v) is 7.10. The fraction of sp³-hybridized carbons (Fsp3) is 0.238. The molecule has 0 bridgehead atoms. The summed E-state index contributed by atoms with van der Waals surface area (Å²) in [4.78, 5) is 13.4. The molecule has 0 atom stereocenters. The largest absolute Gasteiger partial charge is 0.423 e. The molecule has 7 heteroatoms. The first-order chi connectivity index (χ1) is 13.4. The molecule has 0 amide bonds. The topological polar surface area (TPSA) is 73.8 Å². The van der Waals surface area contributed by atoms with Gasteiger partial charge in [-0.25, -0.2) is 9.18 Å². The Morgan fingerprint density at radius 3 is 2.61 bits per heavy atom. The molecule has 28 heavy (non-hydrogen) atoms. The smallest absolute Gasteiger partial charge is 0.336 e. The van der Waals surface area contributed by atoms with Gasteiger partial charge in [-0.2, -0.15) is 4.80 Å². The SMILES string of the molecule is Cc1cc2oc(=O)cc(Cn3nnc(-c4ccc(F)cc4)n3)c2cc1C(C)C. The van der Waals surface area contributed by atoms with Crippen molar-refractivity contribution in [3.8, 4) is 11.4 Å². The zero-order valence-electron chi connectivity index (χ0n) is 15.8. The van der Waals surface area contributed by atoms with Gasteiger partial charge in [-0.05, 0) is 71.1 Å². The zero-order valence-corrected chi connectivity index (χ0v) is 15.8. The Bertz CT molecular complexity index is 1210. The molecule has 0 radical (unpaired) electrons. The minimum absolute atomic E-state index is 0.275. The first kappa shape index (κ1) is 18.0. The molecule has 142 valence electrons. The van der Waals surface area contributed by atoms with Crippen molar-refractivity contribution in [1.82, 2.24) is 20.2 Å². The van der Waals surface area contributed by atoms with Gasteiger partial charge in [-0.1, -0.05) is 13.8 Å². The summed E-state index contributed by atoms with van der Waals surface area (Å²) in [6.07, 6.45) is 0. The standard InChI is InChI=1S/C21H19FN4O2/c1-12(2)17-10-18-15(9-20(27)28-19(18)8-13(17)3)11-26-24-21(23-25-26)14-4-6-16(22)7-5-14/h4-10,12H,11H2,1-3H3. The third kappa shape index (κ3) is 3.43. The molecular formula is C21H19FN4O2. The molecule has 4 rings (SSSR count). The van der Waals surface area contributed by atoms with E-state index in [0.717, 1.165) is 16.5 Å². The van der Waals surface area contributed by atoms with Crippen LogP contribution in [0.1, 0.15) is 36.5 Å². The summed E-state index contributed by atoms with van der Waals surface area (Å²) in [7, 11) is 0. The van der Waals surface area contributed by atoms with Crippen LogP contribution in [0.2, 0.25) is 0 Å². The zero-order chi connectivity index (χ0) is 19.8. The minimum Gasteiger partial charge on any atom is -0.423 e. The van der Waals surface area contributed by atoms with Crippen LogP contribution in [0, 0.1) is 12.7 Å². The molecule has 2 heterocycles. The van der Waals surface area contributed by atoms with E-state index in [4.69, 9.17) is 4.42 Å². The lowest BCUT2D eigenvalue weighted by Crippen LogP contribution is -2.09. The van der Waals surface area contributed by atoms with Crippen molar-refractivity contribution >= 4 is 11.0 Å². The Kier molecular flexibility index (Phi) is 4.50. The van der Waals surface area contributed by atoms with Gasteiger partial charge in [-0.15, -0.1) is 10.2 Å². The highest BCUT2D eigenvalue weighted by Gasteiger charge is 2.13. The Labute approximate surface area is 160 Å². The summed E-state index contributed by atoms with van der Waals surface area (Å²) in [5.74, 6) is 0.416. The van der Waals surface area contributed by atoms with Gasteiger partial charge in [0.15, 0.2) is 0 Å². The summed E-state index contributed by atoms with van der Waals surface area (Å²) in [6.45, 7) is 6.54. The van der Waals surface area contributed by atoms with E-state index in [0.29, 0.717) is 22.9 Å². The van der Waals surface area contributed by atoms with Crippen molar-refractivity contribution in [2.45, 2.75) is 33.2 Å². The van der Waals surface area contributed by atoms with E-state index in [2.05, 4.69) is 35.3 Å². The number of rotatable bonds is 4. The van der Waals surface area contributed by atoms with Gasteiger partial charge in [0.2, 0.25) is 5.82 Å². The number of fused-ring (bicyclic) bond motifs is 1. The summed E-state index contributed by atoms with van der Waals surface area (Å²) >= 11 is 0. The molecule has 0 fully saturated rings. The van der Waals surface area contributed by atoms with E-state index in [1.807, 2.05) is 13.0 Å². The molecule has 0 unspecified atom stereocenters. The van der Waals surface area contributed by atoms with Crippen molar-refractivity contribution in [2.24, 2.45) is 0 Å². The van der Waals surface area contributed by atoms with Crippen LogP contribution >= 0.6 is 0 Å². The number of hydrogen-bond donors (Lipinski definition) is 0. The van der Waals surface area contributed by atoms with Gasteiger partial charge in [0, 0.05) is 17.0 Å². The molecule has 0 spiro atoms. The number of nitrogens with zero attached hydrogens (tertiary/aromatic N) is 4. The molecule has 0 aliphatic heterocycles. The predicted octanol–water partition coefficient (Wildman–Crippen LogP) is 4.07. The van der Waals surface area contributed by atoms with Crippen LogP contribution in [0.4, 0.5) is 4.39 Å². The number of tetrazole rings is 1. The van der Waals surface area contributed by atoms with Crippen LogP contribution in [0.5, 0.6) is 0 Å². The molecule has 0 N–H and O–H groups in total. The molecule has 2 aromatic heterocycles. The summed E-state index contributed by atoms with van der Waals surface area (Å²) in [5, 5.41) is 13.3. The molecule has 0 saturated carbocycles. The van der Waals surface area contributed by atoms with Crippen molar-refractivity contribution in [3.63, 3.8) is 0 Å². The fourth-order valence-electron chi connectivity index (χ4n) is 3.32. The van der Waals surface area contributed by atoms with Crippen LogP contribution in [0.25, 0.3) is 22.4 Å². The summed E-state index contributed by atoms with van der Waals surface area (Å²) in [5.41, 5.74) is 3.83. The number of aromatic nitrogens is 4. The van der Waals surface area contributed by atoms with Gasteiger partial charge in [-0.3, -0.25) is 0 Å². The Hall–Kier alpha value is -3.35. The van der Waals surface area contributed by atoms with E-state index in [9.17, 15) is 9.18 Å². The maximum absolute atomic E-state index is 13.1. The first-order valence-electron chi connectivity index (χ1n) is 9.02. The number of hydrogen-bond acceptors (Lipinski definition) is 5. The second kappa shape index (κ2) is 6.99. The Balaban J connectivity index is 1.74. The third-order valence-electron chi connectivity index (χ3n) is 4.71. The molecule has 6 nitrogen and oxygen atoms in total. The predicted molar refractivity (Wildman–Crippen MR) is 104 cm³/mol. The van der Waals surface area contributed by atoms with E-state index in [1.54, 1.807) is 12.1 Å². The fourth-order valence-corrected chi connectivity index (χ4v) is 3.32. The monoisotopic (exact) mass is 378 g/mol. The summed E-state index contributed by atoms with van der Waals surface area (Å²) in [6, 6.07) is 11.3. The highest BCUT2D eigenvalue weighted by Crippen LogP contribution is 2.27. The van der Waals surface area contributed by atoms with Crippen molar-refractivity contribution in [3.05, 3.63) is 75.4 Å². The molecule has 0 saturated heterocycles. The van der Waals surface area contributed by atoms with Crippen molar-refractivity contribution in [1.29, 1.82) is 0 Å². The molecule has 0 aliphatic rings. The van der Waals surface area contributed by atoms with E-state index in [1.165, 1.54) is 28.6 Å². The normalized spacial score (nSPS) is 11.5. The average molecular weight is 378 g/mol. The maximum atomic E-state index is 13.1. The van der Waals surface area contributed by atoms with E-state index in [-0.39, 0.29) is 12.4 Å². The van der Waals surface area contributed by atoms with E-state index >= 15 is 0 Å². The lowest BCUT2D eigenvalue weighted by molar-refractivity contribution is 0.545.